The summed E-state index contributed by atoms with van der Waals surface area (Å²) in [5, 5.41) is 5.25. The minimum Gasteiger partial charge on any atom is -0.452 e. The van der Waals surface area contributed by atoms with E-state index in [-0.39, 0.29) is 11.7 Å². The van der Waals surface area contributed by atoms with Crippen LogP contribution in [-0.4, -0.2) is 29.0 Å². The quantitative estimate of drug-likeness (QED) is 0.587. The van der Waals surface area contributed by atoms with E-state index >= 15 is 0 Å². The summed E-state index contributed by atoms with van der Waals surface area (Å²) < 4.78 is 20.2. The number of nitrogens with one attached hydrogen (secondary N) is 2. The van der Waals surface area contributed by atoms with Crippen LogP contribution in [0.2, 0.25) is 0 Å². The van der Waals surface area contributed by atoms with Gasteiger partial charge in [-0.2, -0.15) is 0 Å². The van der Waals surface area contributed by atoms with E-state index in [1.165, 1.54) is 19.1 Å². The molecule has 7 nitrogen and oxygen atoms in total. The molecular formula is C23H22FN3O4. The van der Waals surface area contributed by atoms with Gasteiger partial charge >= 0.3 is 5.97 Å². The van der Waals surface area contributed by atoms with Gasteiger partial charge in [0.25, 0.3) is 5.91 Å². The standard InChI is InChI=1S/C23H22FN3O4/c1-14-12-21(15(2)27(14)20-10-4-17(24)5-11-20)23(30)31-13-22(29)26-19-8-6-18(7-9-19)25-16(3)28/h4-12H,13H2,1-3H3,(H,25,28)(H,26,29). The van der Waals surface area contributed by atoms with E-state index < -0.39 is 18.5 Å². The second-order valence-corrected chi connectivity index (χ2v) is 6.98. The zero-order valence-corrected chi connectivity index (χ0v) is 17.4. The number of ether oxygens (including phenoxy) is 1. The van der Waals surface area contributed by atoms with Crippen molar-refractivity contribution in [2.75, 3.05) is 17.2 Å². The lowest BCUT2D eigenvalue weighted by Crippen LogP contribution is -2.21. The van der Waals surface area contributed by atoms with Gasteiger partial charge < -0.3 is 19.9 Å². The van der Waals surface area contributed by atoms with Crippen LogP contribution in [-0.2, 0) is 14.3 Å². The van der Waals surface area contributed by atoms with E-state index in [0.717, 1.165) is 11.4 Å². The van der Waals surface area contributed by atoms with Crippen molar-refractivity contribution in [1.82, 2.24) is 4.57 Å². The third-order valence-electron chi connectivity index (χ3n) is 4.56. The lowest BCUT2D eigenvalue weighted by Gasteiger charge is -2.10. The van der Waals surface area contributed by atoms with Crippen LogP contribution in [0.3, 0.4) is 0 Å². The number of nitrogens with zero attached hydrogens (tertiary/aromatic N) is 1. The minimum absolute atomic E-state index is 0.192. The summed E-state index contributed by atoms with van der Waals surface area (Å²) in [6.45, 7) is 4.53. The van der Waals surface area contributed by atoms with E-state index in [2.05, 4.69) is 10.6 Å². The highest BCUT2D eigenvalue weighted by Crippen LogP contribution is 2.22. The maximum absolute atomic E-state index is 13.2. The summed E-state index contributed by atoms with van der Waals surface area (Å²) in [6, 6.07) is 14.1. The van der Waals surface area contributed by atoms with Gasteiger partial charge in [-0.1, -0.05) is 0 Å². The molecule has 1 aromatic heterocycles. The molecule has 0 aliphatic rings. The predicted octanol–water partition coefficient (Wildman–Crippen LogP) is 3.99. The van der Waals surface area contributed by atoms with Crippen molar-refractivity contribution in [3.63, 3.8) is 0 Å². The Bertz CT molecular complexity index is 1120. The topological polar surface area (TPSA) is 89.4 Å². The number of rotatable bonds is 6. The third-order valence-corrected chi connectivity index (χ3v) is 4.56. The summed E-state index contributed by atoms with van der Waals surface area (Å²) >= 11 is 0. The van der Waals surface area contributed by atoms with Gasteiger partial charge in [0.1, 0.15) is 5.82 Å². The van der Waals surface area contributed by atoms with Crippen molar-refractivity contribution >= 4 is 29.2 Å². The molecule has 0 aliphatic carbocycles. The summed E-state index contributed by atoms with van der Waals surface area (Å²) in [5.74, 6) is -1.66. The van der Waals surface area contributed by atoms with Gasteiger partial charge in [0.05, 0.1) is 5.56 Å². The molecule has 3 rings (SSSR count). The molecule has 2 amide bonds. The van der Waals surface area contributed by atoms with E-state index in [1.54, 1.807) is 49.4 Å². The average Bonchev–Trinajstić information content (AvgIpc) is 3.02. The summed E-state index contributed by atoms with van der Waals surface area (Å²) in [5.41, 5.74) is 3.56. The van der Waals surface area contributed by atoms with Crippen molar-refractivity contribution in [3.8, 4) is 5.69 Å². The Kier molecular flexibility index (Phi) is 6.49. The smallest absolute Gasteiger partial charge is 0.340 e. The van der Waals surface area contributed by atoms with Crippen molar-refractivity contribution in [1.29, 1.82) is 0 Å². The van der Waals surface area contributed by atoms with E-state index in [0.29, 0.717) is 22.6 Å². The Morgan fingerprint density at radius 3 is 2.10 bits per heavy atom. The van der Waals surface area contributed by atoms with Gasteiger partial charge in [0, 0.05) is 35.4 Å². The number of esters is 1. The molecule has 0 atom stereocenters. The fourth-order valence-corrected chi connectivity index (χ4v) is 3.20. The fourth-order valence-electron chi connectivity index (χ4n) is 3.20. The van der Waals surface area contributed by atoms with Gasteiger partial charge in [-0.05, 0) is 68.4 Å². The highest BCUT2D eigenvalue weighted by atomic mass is 19.1. The molecule has 0 saturated carbocycles. The zero-order valence-electron chi connectivity index (χ0n) is 17.4. The van der Waals surface area contributed by atoms with Gasteiger partial charge in [-0.3, -0.25) is 9.59 Å². The first kappa shape index (κ1) is 21.8. The Morgan fingerprint density at radius 2 is 1.52 bits per heavy atom. The number of hydrogen-bond donors (Lipinski definition) is 2. The molecule has 0 spiro atoms. The second-order valence-electron chi connectivity index (χ2n) is 6.98. The first-order valence-electron chi connectivity index (χ1n) is 9.54. The summed E-state index contributed by atoms with van der Waals surface area (Å²) in [7, 11) is 0. The maximum Gasteiger partial charge on any atom is 0.340 e. The molecule has 3 aromatic rings. The van der Waals surface area contributed by atoms with Crippen LogP contribution >= 0.6 is 0 Å². The Balaban J connectivity index is 1.62. The van der Waals surface area contributed by atoms with Crippen molar-refractivity contribution in [2.24, 2.45) is 0 Å². The monoisotopic (exact) mass is 423 g/mol. The number of amides is 2. The molecule has 0 saturated heterocycles. The average molecular weight is 423 g/mol. The number of benzene rings is 2. The molecule has 0 fully saturated rings. The summed E-state index contributed by atoms with van der Waals surface area (Å²) in [6.07, 6.45) is 0. The van der Waals surface area contributed by atoms with Gasteiger partial charge in [0.2, 0.25) is 5.91 Å². The lowest BCUT2D eigenvalue weighted by molar-refractivity contribution is -0.119. The van der Waals surface area contributed by atoms with Crippen LogP contribution in [0.1, 0.15) is 28.7 Å². The highest BCUT2D eigenvalue weighted by Gasteiger charge is 2.19. The van der Waals surface area contributed by atoms with Crippen LogP contribution in [0.25, 0.3) is 5.69 Å². The van der Waals surface area contributed by atoms with Crippen LogP contribution in [0.5, 0.6) is 0 Å². The minimum atomic E-state index is -0.627. The Morgan fingerprint density at radius 1 is 0.935 bits per heavy atom. The Labute approximate surface area is 178 Å². The molecule has 2 N–H and O–H groups in total. The van der Waals surface area contributed by atoms with Crippen LogP contribution < -0.4 is 10.6 Å². The number of carbonyl (C=O) groups is 3. The number of hydrogen-bond acceptors (Lipinski definition) is 4. The molecule has 1 heterocycles. The fraction of sp³-hybridized carbons (Fsp3) is 0.174. The lowest BCUT2D eigenvalue weighted by atomic mass is 10.2. The molecule has 0 bridgehead atoms. The van der Waals surface area contributed by atoms with E-state index in [4.69, 9.17) is 4.74 Å². The SMILES string of the molecule is CC(=O)Nc1ccc(NC(=O)COC(=O)c2cc(C)n(-c3ccc(F)cc3)c2C)cc1. The molecule has 2 aromatic carbocycles. The van der Waals surface area contributed by atoms with Crippen LogP contribution in [0, 0.1) is 19.7 Å². The van der Waals surface area contributed by atoms with Crippen molar-refractivity contribution in [2.45, 2.75) is 20.8 Å². The normalized spacial score (nSPS) is 10.5. The van der Waals surface area contributed by atoms with Gasteiger partial charge in [0.15, 0.2) is 6.61 Å². The predicted molar refractivity (Wildman–Crippen MR) is 115 cm³/mol. The molecular weight excluding hydrogens is 401 g/mol. The largest absolute Gasteiger partial charge is 0.452 e. The molecule has 160 valence electrons. The molecule has 0 radical (unpaired) electrons. The van der Waals surface area contributed by atoms with E-state index in [1.807, 2.05) is 11.5 Å². The highest BCUT2D eigenvalue weighted by molar-refractivity contribution is 5.96. The molecule has 0 unspecified atom stereocenters. The number of anilines is 2. The number of halogens is 1. The first-order chi connectivity index (χ1) is 14.7. The van der Waals surface area contributed by atoms with E-state index in [9.17, 15) is 18.8 Å². The molecule has 31 heavy (non-hydrogen) atoms. The second kappa shape index (κ2) is 9.25. The summed E-state index contributed by atoms with van der Waals surface area (Å²) in [4.78, 5) is 35.7. The van der Waals surface area contributed by atoms with Crippen molar-refractivity contribution in [3.05, 3.63) is 77.4 Å². The zero-order chi connectivity index (χ0) is 22.5. The third kappa shape index (κ3) is 5.36. The molecule has 8 heteroatoms. The van der Waals surface area contributed by atoms with Gasteiger partial charge in [-0.15, -0.1) is 0 Å². The van der Waals surface area contributed by atoms with Crippen LogP contribution in [0.15, 0.2) is 54.6 Å². The molecule has 0 aliphatic heterocycles. The number of aromatic nitrogens is 1. The first-order valence-corrected chi connectivity index (χ1v) is 9.54. The number of carbonyl (C=O) groups excluding carboxylic acids is 3. The van der Waals surface area contributed by atoms with Gasteiger partial charge in [-0.25, -0.2) is 9.18 Å². The maximum atomic E-state index is 13.2. The number of aryl methyl sites for hydroxylation is 1. The van der Waals surface area contributed by atoms with Crippen LogP contribution in [0.4, 0.5) is 15.8 Å². The Hall–Kier alpha value is -3.94. The van der Waals surface area contributed by atoms with Crippen molar-refractivity contribution < 1.29 is 23.5 Å².